The quantitative estimate of drug-likeness (QED) is 0.434. The molecular formula is C8HF16K. The molecule has 0 bridgehead atoms. The third-order valence-corrected chi connectivity index (χ3v) is 3.23. The minimum Gasteiger partial charge on any atom is -1.00 e. The van der Waals surface area contributed by atoms with E-state index in [-0.39, 0.29) is 52.8 Å². The largest absolute Gasteiger partial charge is 1.00 e. The van der Waals surface area contributed by atoms with Gasteiger partial charge in [-0.25, -0.2) is 4.39 Å². The Morgan fingerprint density at radius 1 is 0.440 bits per heavy atom. The zero-order valence-corrected chi connectivity index (χ0v) is 14.2. The third kappa shape index (κ3) is 2.36. The van der Waals surface area contributed by atoms with E-state index in [0.29, 0.717) is 0 Å². The summed E-state index contributed by atoms with van der Waals surface area (Å²) in [5, 5.41) is 0. The minimum absolute atomic E-state index is 0. The minimum atomic E-state index is -8.43. The number of halogens is 16. The van der Waals surface area contributed by atoms with Crippen LogP contribution in [0.3, 0.4) is 0 Å². The van der Waals surface area contributed by atoms with Crippen molar-refractivity contribution in [3.05, 3.63) is 0 Å². The summed E-state index contributed by atoms with van der Waals surface area (Å²) in [6.07, 6.45) is -7.84. The molecule has 0 N–H and O–H groups in total. The van der Waals surface area contributed by atoms with Crippen LogP contribution in [0.25, 0.3) is 0 Å². The summed E-state index contributed by atoms with van der Waals surface area (Å²) in [7, 11) is 0. The molecule has 0 aromatic heterocycles. The van der Waals surface area contributed by atoms with Crippen molar-refractivity contribution in [2.45, 2.75) is 47.4 Å². The van der Waals surface area contributed by atoms with Gasteiger partial charge in [0.05, 0.1) is 0 Å². The molecule has 17 heteroatoms. The molecular weight excluding hydrogens is 439 g/mol. The van der Waals surface area contributed by atoms with Gasteiger partial charge in [0.1, 0.15) is 0 Å². The molecule has 1 rings (SSSR count). The molecule has 0 aromatic carbocycles. The van der Waals surface area contributed by atoms with Gasteiger partial charge in [-0.1, -0.05) is 0 Å². The van der Waals surface area contributed by atoms with E-state index in [0.717, 1.165) is 0 Å². The predicted molar refractivity (Wildman–Crippen MR) is 40.7 cm³/mol. The molecule has 146 valence electrons. The van der Waals surface area contributed by atoms with E-state index in [2.05, 4.69) is 0 Å². The van der Waals surface area contributed by atoms with Crippen molar-refractivity contribution in [2.75, 3.05) is 0 Å². The molecule has 25 heavy (non-hydrogen) atoms. The molecule has 0 nitrogen and oxygen atoms in total. The van der Waals surface area contributed by atoms with E-state index in [9.17, 15) is 70.2 Å². The molecule has 0 aliphatic heterocycles. The zero-order valence-electron chi connectivity index (χ0n) is 12.0. The summed E-state index contributed by atoms with van der Waals surface area (Å²) in [5.74, 6) is -48.7. The number of rotatable bonds is 1. The van der Waals surface area contributed by atoms with Crippen molar-refractivity contribution in [2.24, 2.45) is 0 Å². The molecule has 0 aromatic rings. The van der Waals surface area contributed by atoms with E-state index in [1.807, 2.05) is 0 Å². The molecule has 0 saturated heterocycles. The van der Waals surface area contributed by atoms with E-state index < -0.39 is 47.4 Å². The second kappa shape index (κ2) is 5.76. The van der Waals surface area contributed by atoms with Crippen LogP contribution in [-0.4, -0.2) is 47.4 Å². The first kappa shape index (κ1) is 25.5. The monoisotopic (exact) mass is 440 g/mol. The van der Waals surface area contributed by atoms with Gasteiger partial charge in [-0.3, -0.25) is 0 Å². The summed E-state index contributed by atoms with van der Waals surface area (Å²) in [4.78, 5) is 0. The molecule has 0 heterocycles. The Hall–Kier alpha value is 0.516. The van der Waals surface area contributed by atoms with Crippen LogP contribution in [0.1, 0.15) is 1.43 Å². The molecule has 1 aliphatic rings. The van der Waals surface area contributed by atoms with Crippen LogP contribution in [0.2, 0.25) is 0 Å². The Morgan fingerprint density at radius 2 is 0.640 bits per heavy atom. The smallest absolute Gasteiger partial charge is 1.00 e. The van der Waals surface area contributed by atoms with Crippen LogP contribution in [-0.2, 0) is 0 Å². The Morgan fingerprint density at radius 3 is 0.840 bits per heavy atom. The van der Waals surface area contributed by atoms with Crippen molar-refractivity contribution in [3.63, 3.8) is 0 Å². The average molecular weight is 440 g/mol. The summed E-state index contributed by atoms with van der Waals surface area (Å²) < 4.78 is 203. The Kier molecular flexibility index (Phi) is 5.88. The van der Waals surface area contributed by atoms with Crippen molar-refractivity contribution >= 4 is 0 Å². The van der Waals surface area contributed by atoms with Crippen molar-refractivity contribution in [1.29, 1.82) is 0 Å². The first-order valence-corrected chi connectivity index (χ1v) is 5.02. The van der Waals surface area contributed by atoms with Crippen molar-refractivity contribution in [3.8, 4) is 0 Å². The van der Waals surface area contributed by atoms with Gasteiger partial charge in [-0.2, -0.15) is 65.9 Å². The van der Waals surface area contributed by atoms with Crippen LogP contribution in [0.4, 0.5) is 70.2 Å². The SMILES string of the molecule is FC(F)(F)C(F)(F)C1(F)C(F)(F)C(F)(F)C(F)(F)C(F)(F)C1(F)F.[H-].[K+]. The molecule has 0 unspecified atom stereocenters. The van der Waals surface area contributed by atoms with E-state index in [4.69, 9.17) is 0 Å². The Bertz CT molecular complexity index is 505. The maximum absolute atomic E-state index is 13.5. The maximum Gasteiger partial charge on any atom is 1.00 e. The fraction of sp³-hybridized carbons (Fsp3) is 1.00. The first-order valence-electron chi connectivity index (χ1n) is 5.02. The topological polar surface area (TPSA) is 0 Å². The fourth-order valence-electron chi connectivity index (χ4n) is 1.81. The van der Waals surface area contributed by atoms with Gasteiger partial charge in [-0.15, -0.1) is 0 Å². The van der Waals surface area contributed by atoms with E-state index >= 15 is 0 Å². The second-order valence-electron chi connectivity index (χ2n) is 4.60. The van der Waals surface area contributed by atoms with Gasteiger partial charge in [0, 0.05) is 0 Å². The van der Waals surface area contributed by atoms with E-state index in [1.165, 1.54) is 0 Å². The van der Waals surface area contributed by atoms with Crippen LogP contribution in [0.15, 0.2) is 0 Å². The summed E-state index contributed by atoms with van der Waals surface area (Å²) >= 11 is 0. The van der Waals surface area contributed by atoms with Crippen molar-refractivity contribution < 1.29 is 123 Å². The van der Waals surface area contributed by atoms with Gasteiger partial charge in [0.2, 0.25) is 0 Å². The number of alkyl halides is 16. The second-order valence-corrected chi connectivity index (χ2v) is 4.60. The van der Waals surface area contributed by atoms with Gasteiger partial charge >= 0.3 is 98.8 Å². The molecule has 0 spiro atoms. The fourth-order valence-corrected chi connectivity index (χ4v) is 1.81. The van der Waals surface area contributed by atoms with Gasteiger partial charge in [0.25, 0.3) is 0 Å². The van der Waals surface area contributed by atoms with E-state index in [1.54, 1.807) is 0 Å². The Balaban J connectivity index is 0. The van der Waals surface area contributed by atoms with Gasteiger partial charge in [0.15, 0.2) is 0 Å². The van der Waals surface area contributed by atoms with Gasteiger partial charge < -0.3 is 1.43 Å². The van der Waals surface area contributed by atoms with Crippen LogP contribution < -0.4 is 51.4 Å². The number of hydrogen-bond donors (Lipinski definition) is 0. The number of hydrogen-bond acceptors (Lipinski definition) is 0. The molecule has 1 aliphatic carbocycles. The predicted octanol–water partition coefficient (Wildman–Crippen LogP) is 2.20. The molecule has 0 atom stereocenters. The van der Waals surface area contributed by atoms with Crippen LogP contribution in [0, 0.1) is 0 Å². The summed E-state index contributed by atoms with van der Waals surface area (Å²) in [6.45, 7) is 0. The zero-order chi connectivity index (χ0) is 20.0. The average Bonchev–Trinajstić information content (AvgIpc) is 2.33. The Labute approximate surface area is 169 Å². The first-order chi connectivity index (χ1) is 10.0. The van der Waals surface area contributed by atoms with Crippen molar-refractivity contribution in [1.82, 2.24) is 0 Å². The third-order valence-electron chi connectivity index (χ3n) is 3.23. The maximum atomic E-state index is 13.5. The standard InChI is InChI=1S/C8F16.K.H/c9-1(4(14,15)8(22,23)24)2(10,11)5(16,17)7(20,21)6(18,19)3(1,12)13;;/q;+1;-1. The van der Waals surface area contributed by atoms with Crippen LogP contribution in [0.5, 0.6) is 0 Å². The molecule has 1 fully saturated rings. The molecule has 1 saturated carbocycles. The summed E-state index contributed by atoms with van der Waals surface area (Å²) in [5.41, 5.74) is -8.43. The normalized spacial score (nSPS) is 28.8. The molecule has 0 radical (unpaired) electrons. The molecule has 0 amide bonds. The van der Waals surface area contributed by atoms with Gasteiger partial charge in [-0.05, 0) is 0 Å². The van der Waals surface area contributed by atoms with Crippen LogP contribution >= 0.6 is 0 Å². The summed E-state index contributed by atoms with van der Waals surface area (Å²) in [6, 6.07) is 0.